The second-order valence-electron chi connectivity index (χ2n) is 5.64. The summed E-state index contributed by atoms with van der Waals surface area (Å²) in [6, 6.07) is 4.41. The topological polar surface area (TPSA) is 61.8 Å². The van der Waals surface area contributed by atoms with E-state index < -0.39 is 11.9 Å². The highest BCUT2D eigenvalue weighted by molar-refractivity contribution is 5.74. The first-order valence-corrected chi connectivity index (χ1v) is 7.63. The summed E-state index contributed by atoms with van der Waals surface area (Å²) in [7, 11) is 0. The van der Waals surface area contributed by atoms with Gasteiger partial charge in [-0.15, -0.1) is 0 Å². The van der Waals surface area contributed by atoms with Crippen molar-refractivity contribution < 1.29 is 19.0 Å². The third-order valence-electron chi connectivity index (χ3n) is 3.95. The van der Waals surface area contributed by atoms with Crippen LogP contribution in [0.5, 0.6) is 5.75 Å². The van der Waals surface area contributed by atoms with Crippen LogP contribution in [-0.4, -0.2) is 41.8 Å². The molecule has 1 aliphatic rings. The maximum absolute atomic E-state index is 13.7. The zero-order valence-corrected chi connectivity index (χ0v) is 13.0. The molecular weight excluding hydrogens is 287 g/mol. The molecule has 1 aromatic rings. The number of halogens is 1. The molecule has 2 atom stereocenters. The number of β-amino-alcohol motifs (C(OH)–C–C–N with tert-alkyl or cyclic N) is 1. The molecule has 0 saturated carbocycles. The van der Waals surface area contributed by atoms with Gasteiger partial charge in [-0.05, 0) is 37.0 Å². The number of hydrogen-bond donors (Lipinski definition) is 2. The van der Waals surface area contributed by atoms with Crippen LogP contribution in [0.15, 0.2) is 18.2 Å². The molecule has 0 aliphatic carbocycles. The lowest BCUT2D eigenvalue weighted by Crippen LogP contribution is -2.49. The molecule has 6 heteroatoms. The number of piperidine rings is 1. The summed E-state index contributed by atoms with van der Waals surface area (Å²) in [5.74, 6) is -0.00853. The largest absolute Gasteiger partial charge is 0.491 e. The normalized spacial score (nSPS) is 21.5. The molecule has 0 radical (unpaired) electrons. The van der Waals surface area contributed by atoms with Crippen molar-refractivity contribution in [3.63, 3.8) is 0 Å². The molecule has 2 rings (SSSR count). The Morgan fingerprint density at radius 1 is 1.55 bits per heavy atom. The van der Waals surface area contributed by atoms with Crippen LogP contribution in [0.3, 0.4) is 0 Å². The van der Waals surface area contributed by atoms with E-state index >= 15 is 0 Å². The first kappa shape index (κ1) is 16.5. The zero-order chi connectivity index (χ0) is 16.1. The van der Waals surface area contributed by atoms with Crippen molar-refractivity contribution in [3.05, 3.63) is 29.6 Å². The zero-order valence-electron chi connectivity index (χ0n) is 13.0. The van der Waals surface area contributed by atoms with Crippen LogP contribution in [0.4, 0.5) is 9.18 Å². The predicted octanol–water partition coefficient (Wildman–Crippen LogP) is 2.14. The van der Waals surface area contributed by atoms with Crippen LogP contribution < -0.4 is 10.1 Å². The average molecular weight is 310 g/mol. The lowest BCUT2D eigenvalue weighted by Gasteiger charge is -2.34. The first-order valence-electron chi connectivity index (χ1n) is 7.63. The van der Waals surface area contributed by atoms with Gasteiger partial charge in [0.05, 0.1) is 12.7 Å². The molecule has 1 aliphatic heterocycles. The van der Waals surface area contributed by atoms with Crippen LogP contribution >= 0.6 is 0 Å². The van der Waals surface area contributed by atoms with E-state index in [4.69, 9.17) is 4.74 Å². The third-order valence-corrected chi connectivity index (χ3v) is 3.95. The van der Waals surface area contributed by atoms with Crippen molar-refractivity contribution >= 4 is 6.03 Å². The van der Waals surface area contributed by atoms with E-state index in [1.165, 1.54) is 6.07 Å². The van der Waals surface area contributed by atoms with Gasteiger partial charge in [-0.2, -0.15) is 0 Å². The Morgan fingerprint density at radius 3 is 2.95 bits per heavy atom. The van der Waals surface area contributed by atoms with E-state index in [1.54, 1.807) is 24.0 Å². The maximum atomic E-state index is 13.7. The summed E-state index contributed by atoms with van der Waals surface area (Å²) in [6.07, 6.45) is 0.300. The molecule has 2 unspecified atom stereocenters. The summed E-state index contributed by atoms with van der Waals surface area (Å²) in [6.45, 7) is 5.38. The number of urea groups is 1. The highest BCUT2D eigenvalue weighted by Gasteiger charge is 2.27. The third kappa shape index (κ3) is 4.10. The summed E-state index contributed by atoms with van der Waals surface area (Å²) < 4.78 is 18.9. The van der Waals surface area contributed by atoms with E-state index in [9.17, 15) is 14.3 Å². The van der Waals surface area contributed by atoms with Crippen LogP contribution in [0.25, 0.3) is 0 Å². The van der Waals surface area contributed by atoms with Gasteiger partial charge in [0.25, 0.3) is 0 Å². The molecule has 22 heavy (non-hydrogen) atoms. The second-order valence-corrected chi connectivity index (χ2v) is 5.64. The van der Waals surface area contributed by atoms with Crippen molar-refractivity contribution in [2.45, 2.75) is 32.9 Å². The molecule has 0 aromatic heterocycles. The summed E-state index contributed by atoms with van der Waals surface area (Å²) in [5, 5.41) is 12.6. The number of carbonyl (C=O) groups is 1. The van der Waals surface area contributed by atoms with Crippen molar-refractivity contribution in [2.24, 2.45) is 5.92 Å². The van der Waals surface area contributed by atoms with Crippen LogP contribution in [0.1, 0.15) is 25.8 Å². The number of rotatable bonds is 4. The van der Waals surface area contributed by atoms with Gasteiger partial charge in [-0.3, -0.25) is 0 Å². The quantitative estimate of drug-likeness (QED) is 0.895. The number of aliphatic hydroxyl groups excluding tert-OH is 1. The smallest absolute Gasteiger partial charge is 0.317 e. The van der Waals surface area contributed by atoms with Crippen molar-refractivity contribution in [1.29, 1.82) is 0 Å². The molecule has 2 N–H and O–H groups in total. The summed E-state index contributed by atoms with van der Waals surface area (Å²) >= 11 is 0. The minimum atomic E-state index is -0.484. The van der Waals surface area contributed by atoms with E-state index in [0.717, 1.165) is 6.42 Å². The lowest BCUT2D eigenvalue weighted by molar-refractivity contribution is 0.0435. The molecule has 1 fully saturated rings. The highest BCUT2D eigenvalue weighted by atomic mass is 19.1. The van der Waals surface area contributed by atoms with Gasteiger partial charge in [0.15, 0.2) is 11.6 Å². The first-order chi connectivity index (χ1) is 10.5. The number of carbonyl (C=O) groups excluding carboxylic acids is 1. The highest BCUT2D eigenvalue weighted by Crippen LogP contribution is 2.19. The number of aliphatic hydroxyl groups is 1. The van der Waals surface area contributed by atoms with E-state index in [0.29, 0.717) is 25.3 Å². The fourth-order valence-electron chi connectivity index (χ4n) is 2.45. The Kier molecular flexibility index (Phi) is 5.60. The molecule has 5 nitrogen and oxygen atoms in total. The van der Waals surface area contributed by atoms with Crippen LogP contribution in [0.2, 0.25) is 0 Å². The molecule has 1 saturated heterocycles. The Hall–Kier alpha value is -1.82. The molecule has 0 spiro atoms. The van der Waals surface area contributed by atoms with Gasteiger partial charge in [-0.1, -0.05) is 13.0 Å². The Labute approximate surface area is 130 Å². The standard InChI is InChI=1S/C16H23FN2O3/c1-3-22-15-5-4-12(8-13(15)17)9-18-16(21)19-7-6-11(2)14(20)10-19/h4-5,8,11,14,20H,3,6-7,9-10H2,1-2H3,(H,18,21). The number of likely N-dealkylation sites (tertiary alicyclic amines) is 1. The SMILES string of the molecule is CCOc1ccc(CNC(=O)N2CCC(C)C(O)C2)cc1F. The molecule has 1 aromatic carbocycles. The predicted molar refractivity (Wildman–Crippen MR) is 81.2 cm³/mol. The molecular formula is C16H23FN2O3. The van der Waals surface area contributed by atoms with Gasteiger partial charge in [0.2, 0.25) is 0 Å². The fourth-order valence-corrected chi connectivity index (χ4v) is 2.45. The van der Waals surface area contributed by atoms with E-state index in [2.05, 4.69) is 5.32 Å². The van der Waals surface area contributed by atoms with E-state index in [1.807, 2.05) is 6.92 Å². The van der Waals surface area contributed by atoms with Gasteiger partial charge < -0.3 is 20.1 Å². The van der Waals surface area contributed by atoms with Gasteiger partial charge in [0, 0.05) is 19.6 Å². The lowest BCUT2D eigenvalue weighted by atomic mass is 9.96. The number of nitrogens with one attached hydrogen (secondary N) is 1. The van der Waals surface area contributed by atoms with Crippen LogP contribution in [-0.2, 0) is 6.54 Å². The fraction of sp³-hybridized carbons (Fsp3) is 0.562. The van der Waals surface area contributed by atoms with Crippen molar-refractivity contribution in [3.8, 4) is 5.75 Å². The summed E-state index contributed by atoms with van der Waals surface area (Å²) in [5.41, 5.74) is 0.667. The molecule has 1 heterocycles. The van der Waals surface area contributed by atoms with Crippen molar-refractivity contribution in [2.75, 3.05) is 19.7 Å². The minimum absolute atomic E-state index is 0.212. The molecule has 122 valence electrons. The Balaban J connectivity index is 1.87. The number of benzene rings is 1. The maximum Gasteiger partial charge on any atom is 0.317 e. The van der Waals surface area contributed by atoms with Crippen LogP contribution in [0, 0.1) is 11.7 Å². The molecule has 2 amide bonds. The minimum Gasteiger partial charge on any atom is -0.491 e. The second kappa shape index (κ2) is 7.45. The number of nitrogens with zero attached hydrogens (tertiary/aromatic N) is 1. The molecule has 0 bridgehead atoms. The monoisotopic (exact) mass is 310 g/mol. The average Bonchev–Trinajstić information content (AvgIpc) is 2.50. The Bertz CT molecular complexity index is 524. The summed E-state index contributed by atoms with van der Waals surface area (Å²) in [4.78, 5) is 13.7. The van der Waals surface area contributed by atoms with Gasteiger partial charge in [0.1, 0.15) is 0 Å². The van der Waals surface area contributed by atoms with Crippen molar-refractivity contribution in [1.82, 2.24) is 10.2 Å². The van der Waals surface area contributed by atoms with E-state index in [-0.39, 0.29) is 24.2 Å². The number of ether oxygens (including phenoxy) is 1. The van der Waals surface area contributed by atoms with Gasteiger partial charge in [-0.25, -0.2) is 9.18 Å². The van der Waals surface area contributed by atoms with Gasteiger partial charge >= 0.3 is 6.03 Å². The number of hydrogen-bond acceptors (Lipinski definition) is 3. The number of amides is 2. The Morgan fingerprint density at radius 2 is 2.32 bits per heavy atom.